The van der Waals surface area contributed by atoms with Crippen LogP contribution >= 0.6 is 0 Å². The summed E-state index contributed by atoms with van der Waals surface area (Å²) in [4.78, 5) is 31.3. The molecule has 2 rings (SSSR count). The van der Waals surface area contributed by atoms with E-state index in [0.29, 0.717) is 5.92 Å². The molecule has 1 amide bonds. The molecule has 0 aromatic carbocycles. The van der Waals surface area contributed by atoms with E-state index in [2.05, 4.69) is 18.8 Å². The van der Waals surface area contributed by atoms with Gasteiger partial charge in [-0.3, -0.25) is 14.6 Å². The van der Waals surface area contributed by atoms with Crippen LogP contribution in [0.25, 0.3) is 0 Å². The molecule has 0 spiro atoms. The van der Waals surface area contributed by atoms with Crippen molar-refractivity contribution in [2.45, 2.75) is 59.4 Å². The van der Waals surface area contributed by atoms with Crippen molar-refractivity contribution in [2.75, 3.05) is 13.7 Å². The second-order valence-electron chi connectivity index (χ2n) is 7.48. The van der Waals surface area contributed by atoms with E-state index >= 15 is 0 Å². The fourth-order valence-electron chi connectivity index (χ4n) is 3.48. The number of rotatable bonds is 6. The summed E-state index contributed by atoms with van der Waals surface area (Å²) in [6, 6.07) is 0.0869. The lowest BCUT2D eigenvalue weighted by Gasteiger charge is -2.30. The average molecular weight is 334 g/mol. The first-order chi connectivity index (χ1) is 11.3. The predicted octanol–water partition coefficient (Wildman–Crippen LogP) is 3.20. The van der Waals surface area contributed by atoms with Crippen LogP contribution in [0.2, 0.25) is 0 Å². The van der Waals surface area contributed by atoms with Gasteiger partial charge in [0.25, 0.3) is 0 Å². The van der Waals surface area contributed by atoms with Crippen LogP contribution in [0.1, 0.15) is 53.4 Å². The Labute approximate surface area is 145 Å². The van der Waals surface area contributed by atoms with E-state index in [1.807, 2.05) is 24.9 Å². The summed E-state index contributed by atoms with van der Waals surface area (Å²) in [5, 5.41) is 0. The second-order valence-corrected chi connectivity index (χ2v) is 7.48. The molecule has 5 nitrogen and oxygen atoms in total. The predicted molar refractivity (Wildman–Crippen MR) is 94.7 cm³/mol. The molecule has 0 aromatic heterocycles. The maximum absolute atomic E-state index is 13.1. The summed E-state index contributed by atoms with van der Waals surface area (Å²) < 4.78 is 4.77. The molecule has 2 unspecified atom stereocenters. The largest absolute Gasteiger partial charge is 0.469 e. The van der Waals surface area contributed by atoms with E-state index in [1.165, 1.54) is 12.7 Å². The summed E-state index contributed by atoms with van der Waals surface area (Å²) in [6.07, 6.45) is 4.95. The van der Waals surface area contributed by atoms with Crippen LogP contribution in [0, 0.1) is 17.8 Å². The number of amides is 1. The number of esters is 1. The molecule has 0 aliphatic carbocycles. The molecule has 0 radical (unpaired) electrons. The molecule has 5 heteroatoms. The SMILES string of the molecule is COC(=O)CC(C(=O)N1CCCC1C1=NC=C(C(C)C)C1)C(C)C. The van der Waals surface area contributed by atoms with E-state index in [1.54, 1.807) is 0 Å². The topological polar surface area (TPSA) is 59.0 Å². The van der Waals surface area contributed by atoms with Crippen molar-refractivity contribution < 1.29 is 14.3 Å². The Bertz CT molecular complexity index is 549. The van der Waals surface area contributed by atoms with Crippen molar-refractivity contribution in [2.24, 2.45) is 22.7 Å². The number of methoxy groups -OCH3 is 1. The number of nitrogens with zero attached hydrogens (tertiary/aromatic N) is 2. The lowest BCUT2D eigenvalue weighted by molar-refractivity contribution is -0.148. The number of allylic oxidation sites excluding steroid dienone is 1. The zero-order valence-electron chi connectivity index (χ0n) is 15.5. The van der Waals surface area contributed by atoms with Gasteiger partial charge < -0.3 is 9.64 Å². The minimum atomic E-state index is -0.322. The first kappa shape index (κ1) is 18.7. The van der Waals surface area contributed by atoms with E-state index in [0.717, 1.165) is 31.5 Å². The minimum absolute atomic E-state index is 0.0681. The van der Waals surface area contributed by atoms with Crippen molar-refractivity contribution >= 4 is 17.6 Å². The number of carbonyl (C=O) groups excluding carboxylic acids is 2. The summed E-state index contributed by atoms with van der Waals surface area (Å²) in [7, 11) is 1.37. The first-order valence-electron chi connectivity index (χ1n) is 8.98. The molecule has 24 heavy (non-hydrogen) atoms. The van der Waals surface area contributed by atoms with Gasteiger partial charge in [-0.25, -0.2) is 0 Å². The van der Waals surface area contributed by atoms with Crippen LogP contribution in [0.15, 0.2) is 16.8 Å². The van der Waals surface area contributed by atoms with E-state index in [4.69, 9.17) is 4.74 Å². The normalized spacial score (nSPS) is 22.0. The minimum Gasteiger partial charge on any atom is -0.469 e. The van der Waals surface area contributed by atoms with Crippen LogP contribution in [0.4, 0.5) is 0 Å². The van der Waals surface area contributed by atoms with Crippen LogP contribution < -0.4 is 0 Å². The molecular weight excluding hydrogens is 304 g/mol. The van der Waals surface area contributed by atoms with E-state index < -0.39 is 0 Å². The Kier molecular flexibility index (Phi) is 6.19. The van der Waals surface area contributed by atoms with Crippen molar-refractivity contribution in [3.8, 4) is 0 Å². The van der Waals surface area contributed by atoms with Gasteiger partial charge in [-0.2, -0.15) is 0 Å². The summed E-state index contributed by atoms with van der Waals surface area (Å²) in [6.45, 7) is 9.08. The van der Waals surface area contributed by atoms with Crippen molar-refractivity contribution in [3.05, 3.63) is 11.8 Å². The van der Waals surface area contributed by atoms with Crippen molar-refractivity contribution in [3.63, 3.8) is 0 Å². The molecule has 134 valence electrons. The lowest BCUT2D eigenvalue weighted by Crippen LogP contribution is -2.45. The van der Waals surface area contributed by atoms with Gasteiger partial charge in [-0.15, -0.1) is 0 Å². The third-order valence-electron chi connectivity index (χ3n) is 5.18. The van der Waals surface area contributed by atoms with Gasteiger partial charge in [0.2, 0.25) is 5.91 Å². The number of hydrogen-bond acceptors (Lipinski definition) is 4. The molecule has 1 fully saturated rings. The maximum atomic E-state index is 13.1. The Morgan fingerprint density at radius 2 is 2.04 bits per heavy atom. The van der Waals surface area contributed by atoms with Gasteiger partial charge in [0.05, 0.1) is 25.5 Å². The zero-order chi connectivity index (χ0) is 17.9. The highest BCUT2D eigenvalue weighted by Gasteiger charge is 2.38. The standard InChI is InChI=1S/C19H30N2O3/c1-12(2)14-9-16(20-11-14)17-7-6-8-21(17)19(23)15(13(3)4)10-18(22)24-5/h11-13,15,17H,6-10H2,1-5H3. The van der Waals surface area contributed by atoms with Crippen molar-refractivity contribution in [1.82, 2.24) is 4.90 Å². The number of carbonyl (C=O) groups is 2. The quantitative estimate of drug-likeness (QED) is 0.701. The second kappa shape index (κ2) is 7.95. The fourth-order valence-corrected chi connectivity index (χ4v) is 3.48. The molecule has 2 aliphatic rings. The third kappa shape index (κ3) is 4.05. The highest BCUT2D eigenvalue weighted by molar-refractivity contribution is 5.97. The van der Waals surface area contributed by atoms with Crippen LogP contribution in [0.3, 0.4) is 0 Å². The molecule has 0 aromatic rings. The highest BCUT2D eigenvalue weighted by Crippen LogP contribution is 2.30. The van der Waals surface area contributed by atoms with Crippen LogP contribution in [-0.2, 0) is 14.3 Å². The lowest BCUT2D eigenvalue weighted by atomic mass is 9.90. The van der Waals surface area contributed by atoms with Crippen LogP contribution in [-0.4, -0.2) is 42.2 Å². The first-order valence-corrected chi connectivity index (χ1v) is 8.98. The number of ether oxygens (including phenoxy) is 1. The Morgan fingerprint density at radius 3 is 2.58 bits per heavy atom. The molecule has 2 heterocycles. The van der Waals surface area contributed by atoms with Gasteiger partial charge in [-0.05, 0) is 30.3 Å². The van der Waals surface area contributed by atoms with Gasteiger partial charge in [0, 0.05) is 24.9 Å². The Morgan fingerprint density at radius 1 is 1.33 bits per heavy atom. The monoisotopic (exact) mass is 334 g/mol. The zero-order valence-corrected chi connectivity index (χ0v) is 15.5. The third-order valence-corrected chi connectivity index (χ3v) is 5.18. The smallest absolute Gasteiger partial charge is 0.306 e. The Hall–Kier alpha value is -1.65. The van der Waals surface area contributed by atoms with E-state index in [-0.39, 0.29) is 36.2 Å². The Balaban J connectivity index is 2.09. The fraction of sp³-hybridized carbons (Fsp3) is 0.737. The van der Waals surface area contributed by atoms with Crippen molar-refractivity contribution in [1.29, 1.82) is 0 Å². The molecule has 2 aliphatic heterocycles. The molecule has 1 saturated heterocycles. The molecular formula is C19H30N2O3. The van der Waals surface area contributed by atoms with E-state index in [9.17, 15) is 9.59 Å². The average Bonchev–Trinajstić information content (AvgIpc) is 3.19. The number of aliphatic imine (C=N–C) groups is 1. The summed E-state index contributed by atoms with van der Waals surface area (Å²) >= 11 is 0. The van der Waals surface area contributed by atoms with Crippen LogP contribution in [0.5, 0.6) is 0 Å². The summed E-state index contributed by atoms with van der Waals surface area (Å²) in [5.74, 6) is 0.0169. The highest BCUT2D eigenvalue weighted by atomic mass is 16.5. The number of hydrogen-bond donors (Lipinski definition) is 0. The van der Waals surface area contributed by atoms with Gasteiger partial charge in [0.1, 0.15) is 0 Å². The van der Waals surface area contributed by atoms with Gasteiger partial charge in [-0.1, -0.05) is 27.7 Å². The number of likely N-dealkylation sites (tertiary alicyclic amines) is 1. The molecule has 2 atom stereocenters. The van der Waals surface area contributed by atoms with Gasteiger partial charge >= 0.3 is 5.97 Å². The maximum Gasteiger partial charge on any atom is 0.306 e. The molecule has 0 saturated carbocycles. The van der Waals surface area contributed by atoms with Gasteiger partial charge in [0.15, 0.2) is 0 Å². The summed E-state index contributed by atoms with van der Waals surface area (Å²) in [5.41, 5.74) is 2.43. The molecule has 0 bridgehead atoms. The molecule has 0 N–H and O–H groups in total.